The van der Waals surface area contributed by atoms with Crippen molar-refractivity contribution in [3.05, 3.63) is 77.7 Å². The Morgan fingerprint density at radius 3 is 2.35 bits per heavy atom. The molecule has 0 radical (unpaired) electrons. The molecular formula is C24H27N5O2. The van der Waals surface area contributed by atoms with Crippen molar-refractivity contribution in [3.8, 4) is 5.82 Å². The molecule has 7 heteroatoms. The molecule has 0 atom stereocenters. The van der Waals surface area contributed by atoms with Gasteiger partial charge in [-0.2, -0.15) is 0 Å². The Hall–Kier alpha value is -3.45. The van der Waals surface area contributed by atoms with Crippen LogP contribution in [0.2, 0.25) is 0 Å². The number of nitrogens with one attached hydrogen (secondary N) is 1. The first-order chi connectivity index (χ1) is 15.0. The van der Waals surface area contributed by atoms with Crippen LogP contribution < -0.4 is 5.32 Å². The van der Waals surface area contributed by atoms with Gasteiger partial charge >= 0.3 is 0 Å². The standard InChI is InChI=1S/C24H27N5O2/c1-18-16-21(19(2)29(18)22-10-6-7-11-25-22)24(31)28-14-12-27(13-15-28)17-23(30)26-20-8-4-3-5-9-20/h3-11,16H,12-15,17H2,1-2H3,(H,26,30). The highest BCUT2D eigenvalue weighted by atomic mass is 16.2. The van der Waals surface area contributed by atoms with Gasteiger partial charge in [0.15, 0.2) is 0 Å². The van der Waals surface area contributed by atoms with Crippen molar-refractivity contribution >= 4 is 17.5 Å². The van der Waals surface area contributed by atoms with Gasteiger partial charge < -0.3 is 14.8 Å². The summed E-state index contributed by atoms with van der Waals surface area (Å²) in [5, 5.41) is 2.91. The number of benzene rings is 1. The van der Waals surface area contributed by atoms with E-state index in [0.29, 0.717) is 38.3 Å². The predicted molar refractivity (Wildman–Crippen MR) is 120 cm³/mol. The van der Waals surface area contributed by atoms with Crippen LogP contribution in [-0.4, -0.2) is 63.9 Å². The average Bonchev–Trinajstić information content (AvgIpc) is 3.09. The number of anilines is 1. The third-order valence-corrected chi connectivity index (χ3v) is 5.62. The lowest BCUT2D eigenvalue weighted by Gasteiger charge is -2.34. The molecule has 7 nitrogen and oxygen atoms in total. The zero-order chi connectivity index (χ0) is 21.8. The molecule has 0 unspecified atom stereocenters. The monoisotopic (exact) mass is 417 g/mol. The topological polar surface area (TPSA) is 70.5 Å². The molecule has 2 aromatic heterocycles. The van der Waals surface area contributed by atoms with Crippen LogP contribution >= 0.6 is 0 Å². The molecule has 1 aliphatic rings. The van der Waals surface area contributed by atoms with Crippen LogP contribution in [0.5, 0.6) is 0 Å². The van der Waals surface area contributed by atoms with Crippen molar-refractivity contribution < 1.29 is 9.59 Å². The van der Waals surface area contributed by atoms with Gasteiger partial charge in [0.25, 0.3) is 5.91 Å². The first-order valence-electron chi connectivity index (χ1n) is 10.5. The van der Waals surface area contributed by atoms with Crippen molar-refractivity contribution in [2.24, 2.45) is 0 Å². The van der Waals surface area contributed by atoms with Gasteiger partial charge in [0, 0.05) is 49.5 Å². The maximum atomic E-state index is 13.2. The molecular weight excluding hydrogens is 390 g/mol. The number of para-hydroxylation sites is 1. The van der Waals surface area contributed by atoms with E-state index >= 15 is 0 Å². The molecule has 1 fully saturated rings. The maximum absolute atomic E-state index is 13.2. The largest absolute Gasteiger partial charge is 0.336 e. The van der Waals surface area contributed by atoms with Gasteiger partial charge in [-0.25, -0.2) is 4.98 Å². The Kier molecular flexibility index (Phi) is 6.13. The number of nitrogens with zero attached hydrogens (tertiary/aromatic N) is 4. The summed E-state index contributed by atoms with van der Waals surface area (Å²) in [6.45, 7) is 6.82. The van der Waals surface area contributed by atoms with E-state index in [1.54, 1.807) is 6.20 Å². The van der Waals surface area contributed by atoms with E-state index in [-0.39, 0.29) is 11.8 Å². The van der Waals surface area contributed by atoms with Gasteiger partial charge in [0.1, 0.15) is 5.82 Å². The van der Waals surface area contributed by atoms with E-state index in [9.17, 15) is 9.59 Å². The minimum Gasteiger partial charge on any atom is -0.336 e. The van der Waals surface area contributed by atoms with Crippen LogP contribution in [0.3, 0.4) is 0 Å². The fourth-order valence-corrected chi connectivity index (χ4v) is 4.02. The second kappa shape index (κ2) is 9.14. The lowest BCUT2D eigenvalue weighted by Crippen LogP contribution is -2.50. The summed E-state index contributed by atoms with van der Waals surface area (Å²) in [6.07, 6.45) is 1.75. The van der Waals surface area contributed by atoms with Gasteiger partial charge in [0.2, 0.25) is 5.91 Å². The van der Waals surface area contributed by atoms with Crippen molar-refractivity contribution in [2.75, 3.05) is 38.0 Å². The maximum Gasteiger partial charge on any atom is 0.255 e. The Labute approximate surface area is 182 Å². The zero-order valence-corrected chi connectivity index (χ0v) is 17.9. The summed E-state index contributed by atoms with van der Waals surface area (Å²) in [5.41, 5.74) is 3.38. The molecule has 0 aliphatic carbocycles. The number of carbonyl (C=O) groups is 2. The smallest absolute Gasteiger partial charge is 0.255 e. The Bertz CT molecular complexity index is 1050. The fraction of sp³-hybridized carbons (Fsp3) is 0.292. The molecule has 1 aliphatic heterocycles. The van der Waals surface area contributed by atoms with Crippen LogP contribution in [0, 0.1) is 13.8 Å². The first kappa shape index (κ1) is 20.8. The minimum atomic E-state index is -0.0371. The highest BCUT2D eigenvalue weighted by molar-refractivity contribution is 5.96. The molecule has 0 saturated carbocycles. The molecule has 2 amide bonds. The quantitative estimate of drug-likeness (QED) is 0.693. The number of amides is 2. The molecule has 1 saturated heterocycles. The highest BCUT2D eigenvalue weighted by Gasteiger charge is 2.26. The van der Waals surface area contributed by atoms with Crippen molar-refractivity contribution in [2.45, 2.75) is 13.8 Å². The number of carbonyl (C=O) groups excluding carboxylic acids is 2. The Morgan fingerprint density at radius 1 is 0.968 bits per heavy atom. The summed E-state index contributed by atoms with van der Waals surface area (Å²) in [6, 6.07) is 17.1. The number of rotatable bonds is 5. The second-order valence-electron chi connectivity index (χ2n) is 7.79. The lowest BCUT2D eigenvalue weighted by molar-refractivity contribution is -0.117. The Morgan fingerprint density at radius 2 is 1.68 bits per heavy atom. The van der Waals surface area contributed by atoms with Gasteiger partial charge in [-0.15, -0.1) is 0 Å². The summed E-state index contributed by atoms with van der Waals surface area (Å²) < 4.78 is 2.01. The number of pyridine rings is 1. The van der Waals surface area contributed by atoms with Crippen molar-refractivity contribution in [3.63, 3.8) is 0 Å². The molecule has 0 bridgehead atoms. The molecule has 3 heterocycles. The van der Waals surface area contributed by atoms with Crippen LogP contribution in [-0.2, 0) is 4.79 Å². The molecule has 0 spiro atoms. The van der Waals surface area contributed by atoms with E-state index in [1.807, 2.05) is 77.9 Å². The van der Waals surface area contributed by atoms with E-state index in [0.717, 1.165) is 22.9 Å². The average molecular weight is 418 g/mol. The van der Waals surface area contributed by atoms with Gasteiger partial charge in [0.05, 0.1) is 12.1 Å². The van der Waals surface area contributed by atoms with E-state index in [1.165, 1.54) is 0 Å². The lowest BCUT2D eigenvalue weighted by atomic mass is 10.2. The SMILES string of the molecule is Cc1cc(C(=O)N2CCN(CC(=O)Nc3ccccc3)CC2)c(C)n1-c1ccccn1. The fourth-order valence-electron chi connectivity index (χ4n) is 4.02. The predicted octanol–water partition coefficient (Wildman–Crippen LogP) is 2.89. The normalized spacial score (nSPS) is 14.5. The van der Waals surface area contributed by atoms with Gasteiger partial charge in [-0.05, 0) is 44.2 Å². The van der Waals surface area contributed by atoms with Gasteiger partial charge in [-0.3, -0.25) is 14.5 Å². The third-order valence-electron chi connectivity index (χ3n) is 5.62. The van der Waals surface area contributed by atoms with Crippen LogP contribution in [0.1, 0.15) is 21.7 Å². The molecule has 1 N–H and O–H groups in total. The summed E-state index contributed by atoms with van der Waals surface area (Å²) >= 11 is 0. The van der Waals surface area contributed by atoms with Crippen LogP contribution in [0.15, 0.2) is 60.8 Å². The molecule has 31 heavy (non-hydrogen) atoms. The number of aromatic nitrogens is 2. The van der Waals surface area contributed by atoms with E-state index < -0.39 is 0 Å². The van der Waals surface area contributed by atoms with Gasteiger partial charge in [-0.1, -0.05) is 24.3 Å². The minimum absolute atomic E-state index is 0.0312. The number of aryl methyl sites for hydroxylation is 1. The number of hydrogen-bond acceptors (Lipinski definition) is 4. The van der Waals surface area contributed by atoms with Crippen LogP contribution in [0.4, 0.5) is 5.69 Å². The Balaban J connectivity index is 1.36. The second-order valence-corrected chi connectivity index (χ2v) is 7.79. The summed E-state index contributed by atoms with van der Waals surface area (Å²) in [5.74, 6) is 0.805. The zero-order valence-electron chi connectivity index (χ0n) is 17.9. The van der Waals surface area contributed by atoms with Crippen LogP contribution in [0.25, 0.3) is 5.82 Å². The molecule has 4 rings (SSSR count). The summed E-state index contributed by atoms with van der Waals surface area (Å²) in [4.78, 5) is 33.8. The molecule has 3 aromatic rings. The third kappa shape index (κ3) is 4.67. The van der Waals surface area contributed by atoms with E-state index in [4.69, 9.17) is 0 Å². The highest BCUT2D eigenvalue weighted by Crippen LogP contribution is 2.21. The first-order valence-corrected chi connectivity index (χ1v) is 10.5. The van der Waals surface area contributed by atoms with E-state index in [2.05, 4.69) is 15.2 Å². The molecule has 160 valence electrons. The number of piperazine rings is 1. The van der Waals surface area contributed by atoms with Crippen molar-refractivity contribution in [1.82, 2.24) is 19.4 Å². The number of hydrogen-bond donors (Lipinski definition) is 1. The summed E-state index contributed by atoms with van der Waals surface area (Å²) in [7, 11) is 0. The molecule has 1 aromatic carbocycles. The van der Waals surface area contributed by atoms with Crippen molar-refractivity contribution in [1.29, 1.82) is 0 Å².